The molecule has 1 amide bonds. The van der Waals surface area contributed by atoms with Gasteiger partial charge in [-0.25, -0.2) is 0 Å². The molecule has 2 aromatic carbocycles. The number of hydrogen-bond donors (Lipinski definition) is 2. The Bertz CT molecular complexity index is 717. The van der Waals surface area contributed by atoms with Gasteiger partial charge < -0.3 is 5.32 Å². The molecular formula is C17H16N4O. The van der Waals surface area contributed by atoms with Crippen molar-refractivity contribution < 1.29 is 4.79 Å². The number of anilines is 2. The van der Waals surface area contributed by atoms with Crippen LogP contribution in [0.5, 0.6) is 0 Å². The molecule has 0 aromatic heterocycles. The molecule has 2 aromatic rings. The molecule has 5 heteroatoms. The van der Waals surface area contributed by atoms with Crippen LogP contribution in [0.3, 0.4) is 0 Å². The first-order chi connectivity index (χ1) is 10.7. The van der Waals surface area contributed by atoms with Gasteiger partial charge in [-0.2, -0.15) is 10.4 Å². The highest BCUT2D eigenvalue weighted by Gasteiger charge is 2.08. The van der Waals surface area contributed by atoms with Crippen molar-refractivity contribution in [2.45, 2.75) is 13.3 Å². The molecule has 0 saturated heterocycles. The van der Waals surface area contributed by atoms with Crippen LogP contribution < -0.4 is 10.7 Å². The van der Waals surface area contributed by atoms with E-state index in [2.05, 4.69) is 15.8 Å². The number of amides is 1. The summed E-state index contributed by atoms with van der Waals surface area (Å²) in [5, 5.41) is 15.6. The molecule has 0 aliphatic carbocycles. The molecule has 5 nitrogen and oxygen atoms in total. The van der Waals surface area contributed by atoms with E-state index in [1.54, 1.807) is 6.07 Å². The first-order valence-corrected chi connectivity index (χ1v) is 6.82. The van der Waals surface area contributed by atoms with Crippen molar-refractivity contribution in [3.8, 4) is 6.07 Å². The van der Waals surface area contributed by atoms with Gasteiger partial charge in [0.05, 0.1) is 17.5 Å². The fourth-order valence-corrected chi connectivity index (χ4v) is 1.90. The first kappa shape index (κ1) is 15.3. The molecule has 0 aliphatic heterocycles. The highest BCUT2D eigenvalue weighted by molar-refractivity contribution is 6.06. The Morgan fingerprint density at radius 2 is 1.82 bits per heavy atom. The average Bonchev–Trinajstić information content (AvgIpc) is 2.54. The molecule has 0 aliphatic rings. The van der Waals surface area contributed by atoms with Crippen molar-refractivity contribution in [1.82, 2.24) is 0 Å². The molecule has 22 heavy (non-hydrogen) atoms. The van der Waals surface area contributed by atoms with Gasteiger partial charge in [0, 0.05) is 11.3 Å². The number of carbonyl (C=O) groups excluding carboxylic acids is 1. The van der Waals surface area contributed by atoms with Crippen LogP contribution in [0.2, 0.25) is 0 Å². The van der Waals surface area contributed by atoms with Crippen LogP contribution >= 0.6 is 0 Å². The second-order valence-corrected chi connectivity index (χ2v) is 4.60. The lowest BCUT2D eigenvalue weighted by atomic mass is 10.1. The predicted octanol–water partition coefficient (Wildman–Crippen LogP) is 3.37. The highest BCUT2D eigenvalue weighted by atomic mass is 16.1. The van der Waals surface area contributed by atoms with Gasteiger partial charge in [0.15, 0.2) is 0 Å². The van der Waals surface area contributed by atoms with Crippen molar-refractivity contribution >= 4 is 23.0 Å². The van der Waals surface area contributed by atoms with Crippen LogP contribution in [0.25, 0.3) is 0 Å². The van der Waals surface area contributed by atoms with Crippen molar-refractivity contribution in [1.29, 1.82) is 5.26 Å². The van der Waals surface area contributed by atoms with E-state index in [9.17, 15) is 4.79 Å². The van der Waals surface area contributed by atoms with E-state index in [0.29, 0.717) is 5.69 Å². The van der Waals surface area contributed by atoms with E-state index in [0.717, 1.165) is 17.0 Å². The molecule has 0 spiro atoms. The summed E-state index contributed by atoms with van der Waals surface area (Å²) in [6.07, 6.45) is -0.174. The average molecular weight is 292 g/mol. The second-order valence-electron chi connectivity index (χ2n) is 4.60. The number of para-hydroxylation sites is 2. The molecule has 0 radical (unpaired) electrons. The minimum atomic E-state index is -0.334. The van der Waals surface area contributed by atoms with Crippen LogP contribution in [0.15, 0.2) is 59.7 Å². The largest absolute Gasteiger partial charge is 0.325 e. The Labute approximate surface area is 129 Å². The Balaban J connectivity index is 2.17. The molecule has 2 N–H and O–H groups in total. The van der Waals surface area contributed by atoms with Gasteiger partial charge in [-0.05, 0) is 25.1 Å². The molecule has 0 heterocycles. The topological polar surface area (TPSA) is 77.3 Å². The molecule has 0 bridgehead atoms. The maximum atomic E-state index is 11.6. The summed E-state index contributed by atoms with van der Waals surface area (Å²) in [7, 11) is 0. The van der Waals surface area contributed by atoms with Gasteiger partial charge in [-0.1, -0.05) is 36.4 Å². The lowest BCUT2D eigenvalue weighted by molar-refractivity contribution is -0.115. The van der Waals surface area contributed by atoms with Gasteiger partial charge in [-0.15, -0.1) is 0 Å². The van der Waals surface area contributed by atoms with Crippen molar-refractivity contribution in [2.24, 2.45) is 5.10 Å². The zero-order valence-corrected chi connectivity index (χ0v) is 12.2. The zero-order chi connectivity index (χ0) is 15.8. The number of nitriles is 1. The number of nitrogens with one attached hydrogen (secondary N) is 2. The lowest BCUT2D eigenvalue weighted by Crippen LogP contribution is -2.13. The van der Waals surface area contributed by atoms with Crippen molar-refractivity contribution in [2.75, 3.05) is 10.7 Å². The Hall–Kier alpha value is -3.13. The zero-order valence-electron chi connectivity index (χ0n) is 12.2. The van der Waals surface area contributed by atoms with Crippen molar-refractivity contribution in [3.63, 3.8) is 0 Å². The summed E-state index contributed by atoms with van der Waals surface area (Å²) in [4.78, 5) is 11.6. The van der Waals surface area contributed by atoms with E-state index in [4.69, 9.17) is 5.26 Å². The minimum Gasteiger partial charge on any atom is -0.325 e. The normalized spacial score (nSPS) is 10.6. The number of nitrogens with zero attached hydrogens (tertiary/aromatic N) is 2. The Morgan fingerprint density at radius 1 is 1.14 bits per heavy atom. The highest BCUT2D eigenvalue weighted by Crippen LogP contribution is 2.17. The lowest BCUT2D eigenvalue weighted by Gasteiger charge is -2.10. The van der Waals surface area contributed by atoms with Crippen LogP contribution in [-0.4, -0.2) is 11.6 Å². The molecule has 0 atom stereocenters. The number of hydrogen-bond acceptors (Lipinski definition) is 4. The Kier molecular flexibility index (Phi) is 5.27. The maximum absolute atomic E-state index is 11.6. The third kappa shape index (κ3) is 4.18. The first-order valence-electron chi connectivity index (χ1n) is 6.82. The van der Waals surface area contributed by atoms with Crippen LogP contribution in [0, 0.1) is 11.3 Å². The summed E-state index contributed by atoms with van der Waals surface area (Å²) >= 11 is 0. The monoisotopic (exact) mass is 292 g/mol. The quantitative estimate of drug-likeness (QED) is 0.655. The van der Waals surface area contributed by atoms with Gasteiger partial charge >= 0.3 is 0 Å². The predicted molar refractivity (Wildman–Crippen MR) is 87.6 cm³/mol. The summed E-state index contributed by atoms with van der Waals surface area (Å²) < 4.78 is 0. The maximum Gasteiger partial charge on any atom is 0.238 e. The molecule has 110 valence electrons. The molecule has 0 fully saturated rings. The van der Waals surface area contributed by atoms with E-state index in [1.807, 2.05) is 61.5 Å². The molecule has 0 unspecified atom stereocenters. The molecule has 2 rings (SSSR count). The standard InChI is InChI=1S/C17H16N4O/c1-13(20-21-14-7-3-2-4-8-14)15-9-5-6-10-16(15)19-17(22)11-12-18/h2-10,21H,11H2,1H3,(H,19,22). The van der Waals surface area contributed by atoms with E-state index in [-0.39, 0.29) is 12.3 Å². The Morgan fingerprint density at radius 3 is 2.55 bits per heavy atom. The minimum absolute atomic E-state index is 0.174. The van der Waals surface area contributed by atoms with Crippen LogP contribution in [-0.2, 0) is 4.79 Å². The number of benzene rings is 2. The summed E-state index contributed by atoms with van der Waals surface area (Å²) in [5.74, 6) is -0.334. The van der Waals surface area contributed by atoms with Gasteiger partial charge in [0.25, 0.3) is 0 Å². The number of rotatable bonds is 5. The number of hydrazone groups is 1. The fraction of sp³-hybridized carbons (Fsp3) is 0.118. The van der Waals surface area contributed by atoms with Crippen LogP contribution in [0.1, 0.15) is 18.9 Å². The second kappa shape index (κ2) is 7.60. The fourth-order valence-electron chi connectivity index (χ4n) is 1.90. The SMILES string of the molecule is CC(=NNc1ccccc1)c1ccccc1NC(=O)CC#N. The summed E-state index contributed by atoms with van der Waals surface area (Å²) in [5.41, 5.74) is 6.03. The van der Waals surface area contributed by atoms with Crippen LogP contribution in [0.4, 0.5) is 11.4 Å². The van der Waals surface area contributed by atoms with Crippen molar-refractivity contribution in [3.05, 3.63) is 60.2 Å². The van der Waals surface area contributed by atoms with Gasteiger partial charge in [0.2, 0.25) is 5.91 Å². The molecule has 0 saturated carbocycles. The van der Waals surface area contributed by atoms with Gasteiger partial charge in [-0.3, -0.25) is 10.2 Å². The smallest absolute Gasteiger partial charge is 0.238 e. The summed E-state index contributed by atoms with van der Waals surface area (Å²) in [6.45, 7) is 1.85. The van der Waals surface area contributed by atoms with E-state index < -0.39 is 0 Å². The number of carbonyl (C=O) groups is 1. The van der Waals surface area contributed by atoms with E-state index in [1.165, 1.54) is 0 Å². The molecular weight excluding hydrogens is 276 g/mol. The third-order valence-electron chi connectivity index (χ3n) is 2.96. The van der Waals surface area contributed by atoms with Gasteiger partial charge in [0.1, 0.15) is 6.42 Å². The van der Waals surface area contributed by atoms with E-state index >= 15 is 0 Å². The summed E-state index contributed by atoms with van der Waals surface area (Å²) in [6, 6.07) is 18.8. The third-order valence-corrected chi connectivity index (χ3v) is 2.96.